The SMILES string of the molecule is CCSCSCSCC(=O)OCCSCO. The summed E-state index contributed by atoms with van der Waals surface area (Å²) < 4.78 is 4.97. The van der Waals surface area contributed by atoms with Gasteiger partial charge in [-0.05, 0) is 5.75 Å². The van der Waals surface area contributed by atoms with Crippen LogP contribution in [0.1, 0.15) is 6.92 Å². The highest BCUT2D eigenvalue weighted by atomic mass is 32.2. The summed E-state index contributed by atoms with van der Waals surface area (Å²) >= 11 is 6.67. The predicted octanol–water partition coefficient (Wildman–Crippen LogP) is 2.35. The number of rotatable bonds is 11. The van der Waals surface area contributed by atoms with E-state index >= 15 is 0 Å². The first-order valence-corrected chi connectivity index (χ1v) is 9.50. The Morgan fingerprint density at radius 1 is 1.19 bits per heavy atom. The van der Waals surface area contributed by atoms with Gasteiger partial charge in [0, 0.05) is 15.9 Å². The van der Waals surface area contributed by atoms with E-state index in [9.17, 15) is 4.79 Å². The molecule has 7 heteroatoms. The number of ether oxygens (including phenoxy) is 1. The number of thioether (sulfide) groups is 4. The monoisotopic (exact) mass is 302 g/mol. The Morgan fingerprint density at radius 2 is 1.94 bits per heavy atom. The van der Waals surface area contributed by atoms with E-state index in [1.54, 1.807) is 11.8 Å². The van der Waals surface area contributed by atoms with Gasteiger partial charge in [-0.15, -0.1) is 35.3 Å². The van der Waals surface area contributed by atoms with Crippen LogP contribution in [0.5, 0.6) is 0 Å². The molecule has 96 valence electrons. The molecule has 0 bridgehead atoms. The van der Waals surface area contributed by atoms with E-state index in [1.807, 2.05) is 23.5 Å². The van der Waals surface area contributed by atoms with Crippen molar-refractivity contribution in [3.63, 3.8) is 0 Å². The smallest absolute Gasteiger partial charge is 0.315 e. The van der Waals surface area contributed by atoms with Crippen LogP contribution in [0, 0.1) is 0 Å². The van der Waals surface area contributed by atoms with Crippen LogP contribution in [0.15, 0.2) is 0 Å². The average Bonchev–Trinajstić information content (AvgIpc) is 2.29. The van der Waals surface area contributed by atoms with E-state index in [-0.39, 0.29) is 11.9 Å². The summed E-state index contributed by atoms with van der Waals surface area (Å²) in [7, 11) is 0. The Morgan fingerprint density at radius 3 is 2.62 bits per heavy atom. The van der Waals surface area contributed by atoms with Crippen molar-refractivity contribution < 1.29 is 14.6 Å². The van der Waals surface area contributed by atoms with Gasteiger partial charge in [-0.25, -0.2) is 0 Å². The summed E-state index contributed by atoms with van der Waals surface area (Å²) in [4.78, 5) is 11.2. The second-order valence-electron chi connectivity index (χ2n) is 2.54. The molecule has 0 aliphatic heterocycles. The minimum Gasteiger partial charge on any atom is -0.464 e. The fourth-order valence-electron chi connectivity index (χ4n) is 0.681. The predicted molar refractivity (Wildman–Crippen MR) is 78.4 cm³/mol. The second kappa shape index (κ2) is 13.9. The highest BCUT2D eigenvalue weighted by Gasteiger charge is 2.02. The van der Waals surface area contributed by atoms with Crippen LogP contribution >= 0.6 is 47.0 Å². The molecule has 0 aliphatic carbocycles. The first kappa shape index (κ1) is 16.8. The molecule has 0 aromatic heterocycles. The molecule has 0 heterocycles. The lowest BCUT2D eigenvalue weighted by Gasteiger charge is -2.03. The summed E-state index contributed by atoms with van der Waals surface area (Å²) in [5.74, 6) is 2.15. The molecule has 3 nitrogen and oxygen atoms in total. The van der Waals surface area contributed by atoms with E-state index in [0.29, 0.717) is 18.1 Å². The molecule has 0 saturated carbocycles. The minimum absolute atomic E-state index is 0.0814. The Balaban J connectivity index is 3.11. The zero-order valence-corrected chi connectivity index (χ0v) is 12.6. The minimum atomic E-state index is -0.160. The van der Waals surface area contributed by atoms with Gasteiger partial charge in [0.1, 0.15) is 6.61 Å². The lowest BCUT2D eigenvalue weighted by Crippen LogP contribution is -2.10. The fraction of sp³-hybridized carbons (Fsp3) is 0.889. The molecule has 0 unspecified atom stereocenters. The van der Waals surface area contributed by atoms with Crippen LogP contribution in [-0.4, -0.2) is 51.0 Å². The molecular weight excluding hydrogens is 284 g/mol. The van der Waals surface area contributed by atoms with Gasteiger partial charge in [0.05, 0.1) is 11.7 Å². The topological polar surface area (TPSA) is 46.5 Å². The normalized spacial score (nSPS) is 10.4. The van der Waals surface area contributed by atoms with E-state index in [0.717, 1.165) is 15.9 Å². The third kappa shape index (κ3) is 12.9. The van der Waals surface area contributed by atoms with Crippen LogP contribution in [0.25, 0.3) is 0 Å². The van der Waals surface area contributed by atoms with Crippen molar-refractivity contribution in [2.75, 3.05) is 40.0 Å². The zero-order valence-electron chi connectivity index (χ0n) is 9.35. The Hall–Kier alpha value is 0.830. The summed E-state index contributed by atoms with van der Waals surface area (Å²) in [6.45, 7) is 2.53. The summed E-state index contributed by atoms with van der Waals surface area (Å²) in [5, 5.41) is 10.5. The van der Waals surface area contributed by atoms with Crippen LogP contribution in [0.4, 0.5) is 0 Å². The zero-order chi connectivity index (χ0) is 12.1. The molecule has 0 aromatic carbocycles. The average molecular weight is 303 g/mol. The largest absolute Gasteiger partial charge is 0.464 e. The van der Waals surface area contributed by atoms with Gasteiger partial charge in [0.15, 0.2) is 0 Å². The van der Waals surface area contributed by atoms with Gasteiger partial charge in [-0.1, -0.05) is 6.92 Å². The van der Waals surface area contributed by atoms with Crippen molar-refractivity contribution in [1.29, 1.82) is 0 Å². The molecule has 0 fully saturated rings. The molecule has 0 amide bonds. The van der Waals surface area contributed by atoms with Crippen LogP contribution in [0.3, 0.4) is 0 Å². The van der Waals surface area contributed by atoms with Gasteiger partial charge in [0.2, 0.25) is 0 Å². The number of hydrogen-bond acceptors (Lipinski definition) is 7. The van der Waals surface area contributed by atoms with Crippen molar-refractivity contribution in [2.24, 2.45) is 0 Å². The molecule has 0 saturated heterocycles. The molecular formula is C9H18O3S4. The lowest BCUT2D eigenvalue weighted by molar-refractivity contribution is -0.139. The highest BCUT2D eigenvalue weighted by Crippen LogP contribution is 2.17. The maximum Gasteiger partial charge on any atom is 0.315 e. The maximum atomic E-state index is 11.2. The lowest BCUT2D eigenvalue weighted by atomic mass is 10.8. The number of esters is 1. The number of carbonyl (C=O) groups is 1. The Labute approximate surface area is 114 Å². The molecule has 0 atom stereocenters. The van der Waals surface area contributed by atoms with E-state index < -0.39 is 0 Å². The molecule has 16 heavy (non-hydrogen) atoms. The number of aliphatic hydroxyl groups excluding tert-OH is 1. The first-order valence-electron chi connectivity index (χ1n) is 4.88. The summed E-state index contributed by atoms with van der Waals surface area (Å²) in [6, 6.07) is 0. The quantitative estimate of drug-likeness (QED) is 0.357. The second-order valence-corrected chi connectivity index (χ2v) is 7.59. The molecule has 0 rings (SSSR count). The maximum absolute atomic E-state index is 11.2. The summed E-state index contributed by atoms with van der Waals surface area (Å²) in [5.41, 5.74) is 0. The summed E-state index contributed by atoms with van der Waals surface area (Å²) in [6.07, 6.45) is 0. The highest BCUT2D eigenvalue weighted by molar-refractivity contribution is 8.22. The van der Waals surface area contributed by atoms with E-state index in [4.69, 9.17) is 9.84 Å². The Kier molecular flexibility index (Phi) is 14.6. The van der Waals surface area contributed by atoms with Gasteiger partial charge in [0.25, 0.3) is 0 Å². The van der Waals surface area contributed by atoms with Crippen molar-refractivity contribution in [3.05, 3.63) is 0 Å². The standard InChI is InChI=1S/C9H18O3S4/c1-2-13-7-16-8-15-5-9(11)12-3-4-14-6-10/h10H,2-8H2,1H3. The van der Waals surface area contributed by atoms with Gasteiger partial charge in [-0.3, -0.25) is 4.79 Å². The van der Waals surface area contributed by atoms with Crippen molar-refractivity contribution >= 4 is 53.0 Å². The molecule has 0 aliphatic rings. The van der Waals surface area contributed by atoms with Gasteiger partial charge < -0.3 is 9.84 Å². The third-order valence-corrected chi connectivity index (χ3v) is 5.49. The Bertz CT molecular complexity index is 169. The molecule has 1 N–H and O–H groups in total. The van der Waals surface area contributed by atoms with Crippen molar-refractivity contribution in [3.8, 4) is 0 Å². The number of aliphatic hydroxyl groups is 1. The van der Waals surface area contributed by atoms with E-state index in [2.05, 4.69) is 6.92 Å². The van der Waals surface area contributed by atoms with E-state index in [1.165, 1.54) is 11.8 Å². The molecule has 0 radical (unpaired) electrons. The first-order chi connectivity index (χ1) is 7.81. The fourth-order valence-corrected chi connectivity index (χ4v) is 4.09. The van der Waals surface area contributed by atoms with Crippen LogP contribution in [-0.2, 0) is 9.53 Å². The molecule has 0 spiro atoms. The van der Waals surface area contributed by atoms with Crippen LogP contribution < -0.4 is 0 Å². The van der Waals surface area contributed by atoms with Crippen molar-refractivity contribution in [2.45, 2.75) is 6.92 Å². The van der Waals surface area contributed by atoms with Gasteiger partial charge >= 0.3 is 5.97 Å². The molecule has 0 aromatic rings. The van der Waals surface area contributed by atoms with Crippen molar-refractivity contribution in [1.82, 2.24) is 0 Å². The number of carbonyl (C=O) groups excluding carboxylic acids is 1. The number of hydrogen-bond donors (Lipinski definition) is 1. The van der Waals surface area contributed by atoms with Crippen LogP contribution in [0.2, 0.25) is 0 Å². The third-order valence-electron chi connectivity index (χ3n) is 1.34. The van der Waals surface area contributed by atoms with Gasteiger partial charge in [-0.2, -0.15) is 11.8 Å².